The fraction of sp³-hybridized carbons (Fsp3) is 0.908. The zero-order valence-corrected chi connectivity index (χ0v) is 55.8. The minimum absolute atomic E-state index is 0.0646. The molecule has 0 rings (SSSR count). The highest BCUT2D eigenvalue weighted by atomic mass is 16.6. The zero-order chi connectivity index (χ0) is 59.2. The van der Waals surface area contributed by atoms with Gasteiger partial charge in [-0.25, -0.2) is 0 Å². The number of carbonyl (C=O) groups is 3. The minimum atomic E-state index is -0.768. The third-order valence-electron chi connectivity index (χ3n) is 17.2. The molecule has 0 aromatic rings. The molecule has 0 spiro atoms. The van der Waals surface area contributed by atoms with Crippen LogP contribution in [0.4, 0.5) is 0 Å². The van der Waals surface area contributed by atoms with Gasteiger partial charge in [-0.15, -0.1) is 0 Å². The molecule has 0 bridgehead atoms. The standard InChI is InChI=1S/C76H144O6/c1-4-7-10-13-16-19-22-25-27-29-31-33-35-37-38-40-41-43-45-47-49-51-54-57-60-63-66-69-75(78)81-72-73(71-80-74(77)68-65-62-59-56-53-24-21-18-15-12-9-6-3)82-76(79)70-67-64-61-58-55-52-50-48-46-44-42-39-36-34-32-30-28-26-23-20-17-14-11-8-5-2/h29-32,73H,4-28,33-72H2,1-3H3/b31-29-,32-30-. The summed E-state index contributed by atoms with van der Waals surface area (Å²) in [5.74, 6) is -0.831. The van der Waals surface area contributed by atoms with Crippen LogP contribution in [0.1, 0.15) is 425 Å². The van der Waals surface area contributed by atoms with Gasteiger partial charge in [0.1, 0.15) is 13.2 Å². The van der Waals surface area contributed by atoms with E-state index in [4.69, 9.17) is 14.2 Å². The summed E-state index contributed by atoms with van der Waals surface area (Å²) in [6.45, 7) is 6.72. The molecule has 6 nitrogen and oxygen atoms in total. The van der Waals surface area contributed by atoms with Gasteiger partial charge in [0, 0.05) is 19.3 Å². The normalized spacial score (nSPS) is 12.1. The second-order valence-electron chi connectivity index (χ2n) is 25.6. The maximum absolute atomic E-state index is 13.0. The van der Waals surface area contributed by atoms with Gasteiger partial charge in [-0.3, -0.25) is 14.4 Å². The summed E-state index contributed by atoms with van der Waals surface area (Å²) in [4.78, 5) is 38.4. The van der Waals surface area contributed by atoms with Crippen molar-refractivity contribution in [1.82, 2.24) is 0 Å². The highest BCUT2D eigenvalue weighted by Crippen LogP contribution is 2.19. The van der Waals surface area contributed by atoms with Gasteiger partial charge < -0.3 is 14.2 Å². The predicted octanol–water partition coefficient (Wildman–Crippen LogP) is 25.7. The topological polar surface area (TPSA) is 78.9 Å². The molecule has 0 heterocycles. The summed E-state index contributed by atoms with van der Waals surface area (Å²) in [5.41, 5.74) is 0. The zero-order valence-electron chi connectivity index (χ0n) is 55.8. The van der Waals surface area contributed by atoms with Crippen LogP contribution in [0.3, 0.4) is 0 Å². The Kier molecular flexibility index (Phi) is 69.5. The molecule has 1 atom stereocenters. The SMILES string of the molecule is CCCCCCCCCC/C=C\CCCCCCCCCCCCCCCCCC(=O)OCC(COC(=O)CCCCCCCCCCCCCC)OC(=O)CCCCCCCCCCCCCCC/C=C\CCCCCCCCCC. The number of ether oxygens (including phenoxy) is 3. The number of rotatable bonds is 70. The second-order valence-corrected chi connectivity index (χ2v) is 25.6. The molecule has 0 aromatic carbocycles. The summed E-state index contributed by atoms with van der Waals surface area (Å²) in [7, 11) is 0. The molecule has 0 fully saturated rings. The molecule has 0 radical (unpaired) electrons. The highest BCUT2D eigenvalue weighted by Gasteiger charge is 2.20. The highest BCUT2D eigenvalue weighted by molar-refractivity contribution is 5.71. The molecule has 1 unspecified atom stereocenters. The maximum Gasteiger partial charge on any atom is 0.306 e. The van der Waals surface area contributed by atoms with E-state index in [2.05, 4.69) is 45.1 Å². The minimum Gasteiger partial charge on any atom is -0.462 e. The number of esters is 3. The van der Waals surface area contributed by atoms with E-state index in [-0.39, 0.29) is 31.1 Å². The number of unbranched alkanes of at least 4 members (excludes halogenated alkanes) is 55. The lowest BCUT2D eigenvalue weighted by Gasteiger charge is -2.18. The molecule has 0 aromatic heterocycles. The molecule has 0 aliphatic heterocycles. The Morgan fingerprint density at radius 1 is 0.232 bits per heavy atom. The average molecular weight is 1150 g/mol. The molecular formula is C76H144O6. The molecule has 0 aliphatic rings. The van der Waals surface area contributed by atoms with E-state index in [1.165, 1.54) is 327 Å². The van der Waals surface area contributed by atoms with Crippen LogP contribution in [0.15, 0.2) is 24.3 Å². The van der Waals surface area contributed by atoms with Crippen molar-refractivity contribution in [2.75, 3.05) is 13.2 Å². The second kappa shape index (κ2) is 71.4. The summed E-state index contributed by atoms with van der Waals surface area (Å²) in [5, 5.41) is 0. The van der Waals surface area contributed by atoms with Crippen LogP contribution >= 0.6 is 0 Å². The number of carbonyl (C=O) groups excluding carboxylic acids is 3. The van der Waals surface area contributed by atoms with Gasteiger partial charge in [0.05, 0.1) is 0 Å². The summed E-state index contributed by atoms with van der Waals surface area (Å²) in [6, 6.07) is 0. The van der Waals surface area contributed by atoms with Crippen molar-refractivity contribution >= 4 is 17.9 Å². The molecule has 0 saturated heterocycles. The summed E-state index contributed by atoms with van der Waals surface area (Å²) in [6.07, 6.45) is 88.0. The Hall–Kier alpha value is -2.11. The number of allylic oxidation sites excluding steroid dienone is 4. The van der Waals surface area contributed by atoms with Crippen LogP contribution in [-0.4, -0.2) is 37.2 Å². The molecule has 0 saturated carbocycles. The largest absolute Gasteiger partial charge is 0.462 e. The van der Waals surface area contributed by atoms with Crippen molar-refractivity contribution in [1.29, 1.82) is 0 Å². The molecular weight excluding hydrogens is 1010 g/mol. The first-order chi connectivity index (χ1) is 40.5. The molecule has 0 N–H and O–H groups in total. The van der Waals surface area contributed by atoms with Crippen molar-refractivity contribution in [3.63, 3.8) is 0 Å². The lowest BCUT2D eigenvalue weighted by Crippen LogP contribution is -2.30. The van der Waals surface area contributed by atoms with E-state index < -0.39 is 6.10 Å². The fourth-order valence-electron chi connectivity index (χ4n) is 11.6. The third kappa shape index (κ3) is 68.7. The first-order valence-electron chi connectivity index (χ1n) is 37.3. The van der Waals surface area contributed by atoms with E-state index in [0.29, 0.717) is 19.3 Å². The summed E-state index contributed by atoms with van der Waals surface area (Å²) >= 11 is 0. The van der Waals surface area contributed by atoms with Crippen molar-refractivity contribution in [3.05, 3.63) is 24.3 Å². The van der Waals surface area contributed by atoms with Crippen LogP contribution in [0.25, 0.3) is 0 Å². The van der Waals surface area contributed by atoms with E-state index >= 15 is 0 Å². The van der Waals surface area contributed by atoms with Crippen LogP contribution in [0.2, 0.25) is 0 Å². The van der Waals surface area contributed by atoms with Crippen molar-refractivity contribution in [3.8, 4) is 0 Å². The van der Waals surface area contributed by atoms with Gasteiger partial charge in [-0.1, -0.05) is 360 Å². The summed E-state index contributed by atoms with van der Waals surface area (Å²) < 4.78 is 17.0. The van der Waals surface area contributed by atoms with Gasteiger partial charge >= 0.3 is 17.9 Å². The van der Waals surface area contributed by atoms with E-state index in [9.17, 15) is 14.4 Å². The fourth-order valence-corrected chi connectivity index (χ4v) is 11.6. The van der Waals surface area contributed by atoms with Crippen LogP contribution in [0, 0.1) is 0 Å². The molecule has 0 amide bonds. The van der Waals surface area contributed by atoms with Crippen molar-refractivity contribution in [2.45, 2.75) is 431 Å². The van der Waals surface area contributed by atoms with Gasteiger partial charge in [0.2, 0.25) is 0 Å². The monoisotopic (exact) mass is 1150 g/mol. The molecule has 484 valence electrons. The molecule has 82 heavy (non-hydrogen) atoms. The quantitative estimate of drug-likeness (QED) is 0.0261. The van der Waals surface area contributed by atoms with Crippen LogP contribution < -0.4 is 0 Å². The Morgan fingerprint density at radius 3 is 0.610 bits per heavy atom. The van der Waals surface area contributed by atoms with Crippen LogP contribution in [0.5, 0.6) is 0 Å². The average Bonchev–Trinajstić information content (AvgIpc) is 3.47. The van der Waals surface area contributed by atoms with Gasteiger partial charge in [-0.05, 0) is 70.6 Å². The number of hydrogen-bond donors (Lipinski definition) is 0. The Labute approximate surface area is 513 Å². The lowest BCUT2D eigenvalue weighted by molar-refractivity contribution is -0.167. The predicted molar refractivity (Wildman–Crippen MR) is 358 cm³/mol. The first kappa shape index (κ1) is 79.9. The molecule has 0 aliphatic carbocycles. The van der Waals surface area contributed by atoms with Gasteiger partial charge in [-0.2, -0.15) is 0 Å². The van der Waals surface area contributed by atoms with Gasteiger partial charge in [0.25, 0.3) is 0 Å². The smallest absolute Gasteiger partial charge is 0.306 e. The van der Waals surface area contributed by atoms with Crippen molar-refractivity contribution in [2.24, 2.45) is 0 Å². The third-order valence-corrected chi connectivity index (χ3v) is 17.2. The number of hydrogen-bond acceptors (Lipinski definition) is 6. The van der Waals surface area contributed by atoms with Crippen molar-refractivity contribution < 1.29 is 28.6 Å². The maximum atomic E-state index is 13.0. The van der Waals surface area contributed by atoms with E-state index in [0.717, 1.165) is 57.8 Å². The Bertz CT molecular complexity index is 1320. The Morgan fingerprint density at radius 2 is 0.402 bits per heavy atom. The first-order valence-corrected chi connectivity index (χ1v) is 37.3. The van der Waals surface area contributed by atoms with E-state index in [1.54, 1.807) is 0 Å². The van der Waals surface area contributed by atoms with Crippen LogP contribution in [-0.2, 0) is 28.6 Å². The van der Waals surface area contributed by atoms with E-state index in [1.807, 2.05) is 0 Å². The Balaban J connectivity index is 4.17. The lowest BCUT2D eigenvalue weighted by atomic mass is 10.0. The van der Waals surface area contributed by atoms with Gasteiger partial charge in [0.15, 0.2) is 6.10 Å². The molecule has 6 heteroatoms.